The maximum absolute atomic E-state index is 5.84. The van der Waals surface area contributed by atoms with Gasteiger partial charge in [-0.25, -0.2) is 0 Å². The van der Waals surface area contributed by atoms with Crippen LogP contribution in [0.3, 0.4) is 0 Å². The van der Waals surface area contributed by atoms with Gasteiger partial charge in [0.15, 0.2) is 0 Å². The molecule has 0 saturated heterocycles. The van der Waals surface area contributed by atoms with Crippen molar-refractivity contribution in [2.45, 2.75) is 46.7 Å². The molecule has 0 spiro atoms. The van der Waals surface area contributed by atoms with Crippen molar-refractivity contribution >= 4 is 0 Å². The highest BCUT2D eigenvalue weighted by Gasteiger charge is 2.04. The van der Waals surface area contributed by atoms with Gasteiger partial charge in [0, 0.05) is 18.2 Å². The van der Waals surface area contributed by atoms with Crippen LogP contribution >= 0.6 is 0 Å². The molecule has 1 aromatic rings. The van der Waals surface area contributed by atoms with Crippen molar-refractivity contribution in [1.82, 2.24) is 5.32 Å². The lowest BCUT2D eigenvalue weighted by atomic mass is 10.1. The summed E-state index contributed by atoms with van der Waals surface area (Å²) in [5, 5.41) is 3.42. The van der Waals surface area contributed by atoms with E-state index in [0.717, 1.165) is 25.3 Å². The average molecular weight is 235 g/mol. The van der Waals surface area contributed by atoms with Crippen LogP contribution in [0.2, 0.25) is 0 Å². The third kappa shape index (κ3) is 5.73. The number of benzene rings is 1. The maximum atomic E-state index is 5.84. The molecule has 17 heavy (non-hydrogen) atoms. The van der Waals surface area contributed by atoms with Crippen LogP contribution in [-0.4, -0.2) is 12.6 Å². The molecule has 0 aliphatic heterocycles. The molecule has 96 valence electrons. The van der Waals surface area contributed by atoms with Crippen LogP contribution in [0.4, 0.5) is 0 Å². The second-order valence-electron chi connectivity index (χ2n) is 5.17. The van der Waals surface area contributed by atoms with E-state index in [0.29, 0.717) is 12.0 Å². The minimum atomic E-state index is 0.499. The molecule has 0 unspecified atom stereocenters. The molecule has 0 atom stereocenters. The number of nitrogens with one attached hydrogen (secondary N) is 1. The molecule has 0 aliphatic carbocycles. The van der Waals surface area contributed by atoms with Crippen molar-refractivity contribution in [1.29, 1.82) is 0 Å². The number of ether oxygens (including phenoxy) is 1. The Balaban J connectivity index is 2.51. The van der Waals surface area contributed by atoms with Crippen molar-refractivity contribution in [3.63, 3.8) is 0 Å². The fourth-order valence-corrected chi connectivity index (χ4v) is 1.51. The zero-order chi connectivity index (χ0) is 12.7. The summed E-state index contributed by atoms with van der Waals surface area (Å²) in [6, 6.07) is 8.77. The third-order valence-corrected chi connectivity index (χ3v) is 2.63. The first-order valence-corrected chi connectivity index (χ1v) is 6.53. The Morgan fingerprint density at radius 3 is 2.47 bits per heavy atom. The van der Waals surface area contributed by atoms with Gasteiger partial charge in [0.25, 0.3) is 0 Å². The van der Waals surface area contributed by atoms with Crippen molar-refractivity contribution in [2.24, 2.45) is 5.92 Å². The van der Waals surface area contributed by atoms with Crippen molar-refractivity contribution in [3.8, 4) is 5.75 Å². The second kappa shape index (κ2) is 7.33. The van der Waals surface area contributed by atoms with E-state index in [2.05, 4.69) is 51.2 Å². The average Bonchev–Trinajstić information content (AvgIpc) is 2.27. The Morgan fingerprint density at radius 1 is 1.12 bits per heavy atom. The van der Waals surface area contributed by atoms with Gasteiger partial charge in [0.2, 0.25) is 0 Å². The van der Waals surface area contributed by atoms with E-state index in [-0.39, 0.29) is 0 Å². The highest BCUT2D eigenvalue weighted by molar-refractivity contribution is 5.33. The minimum absolute atomic E-state index is 0.499. The van der Waals surface area contributed by atoms with Crippen LogP contribution in [0.15, 0.2) is 24.3 Å². The molecule has 0 radical (unpaired) electrons. The van der Waals surface area contributed by atoms with E-state index in [1.54, 1.807) is 0 Å². The lowest BCUT2D eigenvalue weighted by molar-refractivity contribution is 0.286. The number of rotatable bonds is 7. The zero-order valence-electron chi connectivity index (χ0n) is 11.5. The smallest absolute Gasteiger partial charge is 0.123 e. The van der Waals surface area contributed by atoms with Crippen LogP contribution in [0.1, 0.15) is 39.7 Å². The molecule has 2 heteroatoms. The monoisotopic (exact) mass is 235 g/mol. The molecule has 1 N–H and O–H groups in total. The van der Waals surface area contributed by atoms with Gasteiger partial charge in [-0.15, -0.1) is 0 Å². The van der Waals surface area contributed by atoms with Crippen LogP contribution in [0.5, 0.6) is 5.75 Å². The predicted octanol–water partition coefficient (Wildman–Crippen LogP) is 3.61. The van der Waals surface area contributed by atoms with Gasteiger partial charge < -0.3 is 10.1 Å². The lowest BCUT2D eigenvalue weighted by Crippen LogP contribution is -2.22. The van der Waals surface area contributed by atoms with Gasteiger partial charge >= 0.3 is 0 Å². The Labute approximate surface area is 105 Å². The Hall–Kier alpha value is -1.02. The van der Waals surface area contributed by atoms with Crippen LogP contribution < -0.4 is 10.1 Å². The SMILES string of the molecule is CC(C)CCOc1ccccc1CNC(C)C. The summed E-state index contributed by atoms with van der Waals surface area (Å²) in [6.07, 6.45) is 1.10. The highest BCUT2D eigenvalue weighted by atomic mass is 16.5. The van der Waals surface area contributed by atoms with E-state index in [4.69, 9.17) is 4.74 Å². The van der Waals surface area contributed by atoms with E-state index in [1.807, 2.05) is 6.07 Å². The maximum Gasteiger partial charge on any atom is 0.123 e. The minimum Gasteiger partial charge on any atom is -0.493 e. The normalized spacial score (nSPS) is 11.2. The molecule has 0 amide bonds. The molecule has 0 fully saturated rings. The Bertz CT molecular complexity index is 320. The first-order valence-electron chi connectivity index (χ1n) is 6.53. The van der Waals surface area contributed by atoms with E-state index in [1.165, 1.54) is 5.56 Å². The summed E-state index contributed by atoms with van der Waals surface area (Å²) in [5.74, 6) is 1.71. The predicted molar refractivity (Wildman–Crippen MR) is 73.4 cm³/mol. The third-order valence-electron chi connectivity index (χ3n) is 2.63. The molecule has 0 heterocycles. The van der Waals surface area contributed by atoms with Crippen LogP contribution in [-0.2, 0) is 6.54 Å². The summed E-state index contributed by atoms with van der Waals surface area (Å²) in [4.78, 5) is 0. The summed E-state index contributed by atoms with van der Waals surface area (Å²) < 4.78 is 5.84. The zero-order valence-corrected chi connectivity index (χ0v) is 11.5. The van der Waals surface area contributed by atoms with Crippen molar-refractivity contribution in [2.75, 3.05) is 6.61 Å². The fraction of sp³-hybridized carbons (Fsp3) is 0.600. The van der Waals surface area contributed by atoms with Gasteiger partial charge in [0.1, 0.15) is 5.75 Å². The molecule has 1 aromatic carbocycles. The van der Waals surface area contributed by atoms with Crippen LogP contribution in [0.25, 0.3) is 0 Å². The largest absolute Gasteiger partial charge is 0.493 e. The first-order chi connectivity index (χ1) is 8.09. The van der Waals surface area contributed by atoms with Crippen LogP contribution in [0, 0.1) is 5.92 Å². The summed E-state index contributed by atoms with van der Waals surface area (Å²) >= 11 is 0. The van der Waals surface area contributed by atoms with Gasteiger partial charge in [-0.2, -0.15) is 0 Å². The van der Waals surface area contributed by atoms with E-state index < -0.39 is 0 Å². The number of hydrogen-bond acceptors (Lipinski definition) is 2. The van der Waals surface area contributed by atoms with Gasteiger partial charge in [-0.1, -0.05) is 45.9 Å². The second-order valence-corrected chi connectivity index (χ2v) is 5.17. The van der Waals surface area contributed by atoms with Gasteiger partial charge in [-0.3, -0.25) is 0 Å². The molecule has 0 saturated carbocycles. The molecule has 0 bridgehead atoms. The quantitative estimate of drug-likeness (QED) is 0.779. The molecular weight excluding hydrogens is 210 g/mol. The summed E-state index contributed by atoms with van der Waals surface area (Å²) in [7, 11) is 0. The Morgan fingerprint density at radius 2 is 1.82 bits per heavy atom. The van der Waals surface area contributed by atoms with Crippen molar-refractivity contribution < 1.29 is 4.74 Å². The topological polar surface area (TPSA) is 21.3 Å². The fourth-order valence-electron chi connectivity index (χ4n) is 1.51. The van der Waals surface area contributed by atoms with Gasteiger partial charge in [0.05, 0.1) is 6.61 Å². The standard InChI is InChI=1S/C15H25NO/c1-12(2)9-10-17-15-8-6-5-7-14(15)11-16-13(3)4/h5-8,12-13,16H,9-11H2,1-4H3. The molecule has 0 aromatic heterocycles. The number of hydrogen-bond donors (Lipinski definition) is 1. The number of para-hydroxylation sites is 1. The van der Waals surface area contributed by atoms with Gasteiger partial charge in [-0.05, 0) is 18.4 Å². The lowest BCUT2D eigenvalue weighted by Gasteiger charge is -2.14. The molecule has 0 aliphatic rings. The summed E-state index contributed by atoms with van der Waals surface area (Å²) in [5.41, 5.74) is 1.24. The summed E-state index contributed by atoms with van der Waals surface area (Å²) in [6.45, 7) is 10.4. The molecule has 1 rings (SSSR count). The molecular formula is C15H25NO. The Kier molecular flexibility index (Phi) is 6.06. The van der Waals surface area contributed by atoms with E-state index in [9.17, 15) is 0 Å². The highest BCUT2D eigenvalue weighted by Crippen LogP contribution is 2.18. The molecule has 2 nitrogen and oxygen atoms in total. The van der Waals surface area contributed by atoms with E-state index >= 15 is 0 Å². The first kappa shape index (κ1) is 14.0. The van der Waals surface area contributed by atoms with Crippen molar-refractivity contribution in [3.05, 3.63) is 29.8 Å².